The number of aliphatic imine (C=N–C) groups is 1. The molecular weight excluding hydrogens is 374 g/mol. The largest absolute Gasteiger partial charge is 0.324 e. The number of thiophene rings is 1. The average molecular weight is 387 g/mol. The van der Waals surface area contributed by atoms with Crippen LogP contribution in [0.2, 0.25) is 0 Å². The maximum Gasteiger partial charge on any atom is 0.324 e. The molecule has 0 saturated carbocycles. The maximum absolute atomic E-state index is 12.3. The molecule has 0 unspecified atom stereocenters. The molecule has 3 rings (SSSR count). The third-order valence-corrected chi connectivity index (χ3v) is 4.93. The standard InChI is InChI=1S/C16H13N5O3S2/c1-9-5-10(2)7-11(6-9)14(22)18-16-20-19-15(26-16)17-8-12-3-4-13(25-12)21(23)24/h3-8H,1-2H3,(H,18,20,22). The summed E-state index contributed by atoms with van der Waals surface area (Å²) < 4.78 is 0. The minimum Gasteiger partial charge on any atom is -0.296 e. The highest BCUT2D eigenvalue weighted by molar-refractivity contribution is 7.19. The molecular formula is C16H13N5O3S2. The molecule has 0 fully saturated rings. The highest BCUT2D eigenvalue weighted by atomic mass is 32.1. The van der Waals surface area contributed by atoms with Gasteiger partial charge in [0.1, 0.15) is 0 Å². The van der Waals surface area contributed by atoms with Crippen LogP contribution < -0.4 is 5.32 Å². The van der Waals surface area contributed by atoms with E-state index in [-0.39, 0.29) is 10.9 Å². The highest BCUT2D eigenvalue weighted by Crippen LogP contribution is 2.26. The molecule has 2 aromatic heterocycles. The Kier molecular flexibility index (Phi) is 5.14. The lowest BCUT2D eigenvalue weighted by Gasteiger charge is -2.04. The summed E-state index contributed by atoms with van der Waals surface area (Å²) in [5, 5.41) is 21.9. The van der Waals surface area contributed by atoms with Crippen LogP contribution in [-0.4, -0.2) is 27.2 Å². The Labute approximate surface area is 156 Å². The van der Waals surface area contributed by atoms with Crippen LogP contribution in [-0.2, 0) is 0 Å². The fourth-order valence-electron chi connectivity index (χ4n) is 2.22. The number of aryl methyl sites for hydroxylation is 2. The van der Waals surface area contributed by atoms with Crippen LogP contribution in [0.25, 0.3) is 0 Å². The molecule has 0 bridgehead atoms. The van der Waals surface area contributed by atoms with E-state index in [4.69, 9.17) is 0 Å². The minimum atomic E-state index is -0.451. The number of rotatable bonds is 5. The summed E-state index contributed by atoms with van der Waals surface area (Å²) in [7, 11) is 0. The fraction of sp³-hybridized carbons (Fsp3) is 0.125. The van der Waals surface area contributed by atoms with Crippen molar-refractivity contribution in [3.8, 4) is 0 Å². The Bertz CT molecular complexity index is 989. The van der Waals surface area contributed by atoms with Gasteiger partial charge in [-0.1, -0.05) is 39.9 Å². The molecule has 10 heteroatoms. The Morgan fingerprint density at radius 3 is 2.58 bits per heavy atom. The molecule has 0 aliphatic carbocycles. The summed E-state index contributed by atoms with van der Waals surface area (Å²) in [5.41, 5.74) is 2.55. The van der Waals surface area contributed by atoms with Crippen LogP contribution in [0.4, 0.5) is 15.3 Å². The van der Waals surface area contributed by atoms with Crippen molar-refractivity contribution in [1.29, 1.82) is 0 Å². The molecule has 0 aliphatic rings. The molecule has 2 heterocycles. The molecule has 26 heavy (non-hydrogen) atoms. The van der Waals surface area contributed by atoms with Gasteiger partial charge in [0.05, 0.1) is 9.80 Å². The Morgan fingerprint density at radius 1 is 1.19 bits per heavy atom. The lowest BCUT2D eigenvalue weighted by Crippen LogP contribution is -2.12. The molecule has 3 aromatic rings. The van der Waals surface area contributed by atoms with Crippen molar-refractivity contribution in [2.75, 3.05) is 5.32 Å². The van der Waals surface area contributed by atoms with E-state index in [1.54, 1.807) is 18.2 Å². The number of anilines is 1. The van der Waals surface area contributed by atoms with E-state index in [0.29, 0.717) is 20.7 Å². The second-order valence-electron chi connectivity index (χ2n) is 5.41. The van der Waals surface area contributed by atoms with E-state index in [1.165, 1.54) is 12.3 Å². The second-order valence-corrected chi connectivity index (χ2v) is 7.46. The Morgan fingerprint density at radius 2 is 1.92 bits per heavy atom. The highest BCUT2D eigenvalue weighted by Gasteiger charge is 2.11. The fourth-order valence-corrected chi connectivity index (χ4v) is 3.50. The SMILES string of the molecule is Cc1cc(C)cc(C(=O)Nc2nnc(N=Cc3ccc([N+](=O)[O-])s3)s2)c1. The van der Waals surface area contributed by atoms with Crippen molar-refractivity contribution in [3.63, 3.8) is 0 Å². The first-order valence-corrected chi connectivity index (χ1v) is 9.05. The van der Waals surface area contributed by atoms with E-state index in [0.717, 1.165) is 33.8 Å². The van der Waals surface area contributed by atoms with E-state index in [1.807, 2.05) is 19.9 Å². The number of hydrogen-bond acceptors (Lipinski definition) is 8. The van der Waals surface area contributed by atoms with Gasteiger partial charge >= 0.3 is 5.00 Å². The van der Waals surface area contributed by atoms with Crippen LogP contribution >= 0.6 is 22.7 Å². The molecule has 132 valence electrons. The molecule has 0 radical (unpaired) electrons. The lowest BCUT2D eigenvalue weighted by atomic mass is 10.1. The van der Waals surface area contributed by atoms with Gasteiger partial charge in [-0.25, -0.2) is 4.99 Å². The number of nitro groups is 1. The Hall–Kier alpha value is -2.98. The zero-order valence-electron chi connectivity index (χ0n) is 13.8. The van der Waals surface area contributed by atoms with Crippen molar-refractivity contribution in [3.05, 3.63) is 62.0 Å². The average Bonchev–Trinajstić information content (AvgIpc) is 3.21. The quantitative estimate of drug-likeness (QED) is 0.402. The van der Waals surface area contributed by atoms with Crippen molar-refractivity contribution in [2.24, 2.45) is 4.99 Å². The van der Waals surface area contributed by atoms with E-state index in [9.17, 15) is 14.9 Å². The van der Waals surface area contributed by atoms with Gasteiger partial charge in [-0.2, -0.15) is 0 Å². The van der Waals surface area contributed by atoms with Crippen molar-refractivity contribution < 1.29 is 9.72 Å². The number of nitrogens with zero attached hydrogens (tertiary/aromatic N) is 4. The maximum atomic E-state index is 12.3. The van der Waals surface area contributed by atoms with E-state index < -0.39 is 4.92 Å². The number of benzene rings is 1. The first-order valence-electron chi connectivity index (χ1n) is 7.42. The normalized spacial score (nSPS) is 11.0. The first kappa shape index (κ1) is 17.8. The topological polar surface area (TPSA) is 110 Å². The van der Waals surface area contributed by atoms with Crippen molar-refractivity contribution in [2.45, 2.75) is 13.8 Å². The van der Waals surface area contributed by atoms with Gasteiger partial charge in [0.2, 0.25) is 10.3 Å². The van der Waals surface area contributed by atoms with E-state index in [2.05, 4.69) is 20.5 Å². The van der Waals surface area contributed by atoms with Gasteiger partial charge < -0.3 is 0 Å². The van der Waals surface area contributed by atoms with Crippen LogP contribution in [0, 0.1) is 24.0 Å². The molecule has 0 spiro atoms. The lowest BCUT2D eigenvalue weighted by molar-refractivity contribution is -0.380. The van der Waals surface area contributed by atoms with Crippen LogP contribution in [0.15, 0.2) is 35.3 Å². The van der Waals surface area contributed by atoms with Gasteiger partial charge in [0.15, 0.2) is 0 Å². The van der Waals surface area contributed by atoms with Gasteiger partial charge in [-0.15, -0.1) is 10.2 Å². The van der Waals surface area contributed by atoms with Gasteiger partial charge in [-0.05, 0) is 32.0 Å². The molecule has 1 aromatic carbocycles. The number of nitrogens with one attached hydrogen (secondary N) is 1. The minimum absolute atomic E-state index is 0.0464. The summed E-state index contributed by atoms with van der Waals surface area (Å²) >= 11 is 2.13. The third-order valence-electron chi connectivity index (χ3n) is 3.21. The van der Waals surface area contributed by atoms with Crippen LogP contribution in [0.3, 0.4) is 0 Å². The second kappa shape index (κ2) is 7.50. The van der Waals surface area contributed by atoms with Gasteiger partial charge in [0.25, 0.3) is 5.91 Å². The molecule has 0 saturated heterocycles. The monoisotopic (exact) mass is 387 g/mol. The number of amides is 1. The van der Waals surface area contributed by atoms with Crippen LogP contribution in [0.1, 0.15) is 26.4 Å². The summed E-state index contributed by atoms with van der Waals surface area (Å²) in [6.07, 6.45) is 1.48. The summed E-state index contributed by atoms with van der Waals surface area (Å²) in [5.74, 6) is -0.266. The number of aromatic nitrogens is 2. The van der Waals surface area contributed by atoms with Gasteiger partial charge in [-0.3, -0.25) is 20.2 Å². The summed E-state index contributed by atoms with van der Waals surface area (Å²) in [6, 6.07) is 8.61. The predicted octanol–water partition coefficient (Wildman–Crippen LogP) is 4.13. The molecule has 1 amide bonds. The van der Waals surface area contributed by atoms with Crippen molar-refractivity contribution in [1.82, 2.24) is 10.2 Å². The van der Waals surface area contributed by atoms with E-state index >= 15 is 0 Å². The zero-order chi connectivity index (χ0) is 18.7. The van der Waals surface area contributed by atoms with Crippen molar-refractivity contribution >= 4 is 50.1 Å². The third kappa shape index (κ3) is 4.35. The van der Waals surface area contributed by atoms with Crippen LogP contribution in [0.5, 0.6) is 0 Å². The van der Waals surface area contributed by atoms with Gasteiger partial charge in [0, 0.05) is 17.8 Å². The number of carbonyl (C=O) groups excluding carboxylic acids is 1. The molecule has 0 aliphatic heterocycles. The summed E-state index contributed by atoms with van der Waals surface area (Å²) in [4.78, 5) is 27.3. The molecule has 1 N–H and O–H groups in total. The predicted molar refractivity (Wildman–Crippen MR) is 102 cm³/mol. The number of carbonyl (C=O) groups is 1. The first-order chi connectivity index (χ1) is 12.4. The zero-order valence-corrected chi connectivity index (χ0v) is 15.4. The summed E-state index contributed by atoms with van der Waals surface area (Å²) in [6.45, 7) is 3.85. The molecule has 0 atom stereocenters. The smallest absolute Gasteiger partial charge is 0.296 e. The molecule has 8 nitrogen and oxygen atoms in total. The number of hydrogen-bond donors (Lipinski definition) is 1. The Balaban J connectivity index is 1.68.